The van der Waals surface area contributed by atoms with E-state index in [-0.39, 0.29) is 6.04 Å². The van der Waals surface area contributed by atoms with E-state index in [2.05, 4.69) is 21.2 Å². The van der Waals surface area contributed by atoms with Crippen molar-refractivity contribution in [3.8, 4) is 0 Å². The van der Waals surface area contributed by atoms with E-state index in [0.29, 0.717) is 15.2 Å². The number of nitrogens with one attached hydrogen (secondary N) is 1. The molecule has 4 nitrogen and oxygen atoms in total. The lowest BCUT2D eigenvalue weighted by molar-refractivity contribution is 0.242. The van der Waals surface area contributed by atoms with Crippen molar-refractivity contribution < 1.29 is 8.42 Å². The molecule has 2 heterocycles. The van der Waals surface area contributed by atoms with Crippen LogP contribution in [0.15, 0.2) is 20.1 Å². The average molecular weight is 339 g/mol. The molecule has 1 aromatic heterocycles. The Hall–Kier alpha value is 0.0500. The van der Waals surface area contributed by atoms with Gasteiger partial charge in [-0.2, -0.15) is 4.31 Å². The molecule has 1 fully saturated rings. The highest BCUT2D eigenvalue weighted by atomic mass is 79.9. The van der Waals surface area contributed by atoms with E-state index in [9.17, 15) is 8.42 Å². The summed E-state index contributed by atoms with van der Waals surface area (Å²) in [5.74, 6) is 0. The summed E-state index contributed by atoms with van der Waals surface area (Å²) in [6.07, 6.45) is 0.832. The molecule has 0 unspecified atom stereocenters. The van der Waals surface area contributed by atoms with E-state index in [0.717, 1.165) is 19.5 Å². The maximum atomic E-state index is 12.5. The maximum Gasteiger partial charge on any atom is 0.254 e. The molecule has 17 heavy (non-hydrogen) atoms. The Morgan fingerprint density at radius 1 is 1.59 bits per heavy atom. The molecule has 0 saturated carbocycles. The van der Waals surface area contributed by atoms with E-state index < -0.39 is 10.0 Å². The SMILES string of the molecule is CCCN(C1CNC1)S(=O)(=O)c1sccc1Br. The summed E-state index contributed by atoms with van der Waals surface area (Å²) in [6.45, 7) is 4.08. The molecule has 0 spiro atoms. The number of halogens is 1. The van der Waals surface area contributed by atoms with Crippen LogP contribution in [0.4, 0.5) is 0 Å². The molecule has 7 heteroatoms. The summed E-state index contributed by atoms with van der Waals surface area (Å²) in [6, 6.07) is 1.88. The third-order valence-electron chi connectivity index (χ3n) is 2.74. The van der Waals surface area contributed by atoms with Crippen molar-refractivity contribution >= 4 is 37.3 Å². The van der Waals surface area contributed by atoms with Crippen LogP contribution in [0.5, 0.6) is 0 Å². The Labute approximate surface area is 114 Å². The van der Waals surface area contributed by atoms with Crippen LogP contribution in [0.25, 0.3) is 0 Å². The van der Waals surface area contributed by atoms with Crippen LogP contribution in [0.2, 0.25) is 0 Å². The van der Waals surface area contributed by atoms with E-state index >= 15 is 0 Å². The first kappa shape index (κ1) is 13.5. The number of hydrogen-bond donors (Lipinski definition) is 1. The Morgan fingerprint density at radius 3 is 2.71 bits per heavy atom. The smallest absolute Gasteiger partial charge is 0.254 e. The van der Waals surface area contributed by atoms with E-state index in [1.807, 2.05) is 6.92 Å². The van der Waals surface area contributed by atoms with Crippen molar-refractivity contribution in [3.05, 3.63) is 15.9 Å². The standard InChI is InChI=1S/C10H15BrN2O2S2/c1-2-4-13(8-6-12-7-8)17(14,15)10-9(11)3-5-16-10/h3,5,8,12H,2,4,6-7H2,1H3. The zero-order valence-corrected chi connectivity index (χ0v) is 12.7. The highest BCUT2D eigenvalue weighted by Gasteiger charge is 2.35. The first-order chi connectivity index (χ1) is 8.07. The Morgan fingerprint density at radius 2 is 2.29 bits per heavy atom. The number of hydrogen-bond acceptors (Lipinski definition) is 4. The largest absolute Gasteiger partial charge is 0.313 e. The second-order valence-electron chi connectivity index (χ2n) is 3.98. The average Bonchev–Trinajstić information content (AvgIpc) is 2.61. The van der Waals surface area contributed by atoms with Gasteiger partial charge in [0.25, 0.3) is 10.0 Å². The third-order valence-corrected chi connectivity index (χ3v) is 7.34. The zero-order chi connectivity index (χ0) is 12.5. The van der Waals surface area contributed by atoms with Crippen molar-refractivity contribution in [2.24, 2.45) is 0 Å². The van der Waals surface area contributed by atoms with Crippen LogP contribution in [-0.2, 0) is 10.0 Å². The van der Waals surface area contributed by atoms with Gasteiger partial charge in [-0.3, -0.25) is 0 Å². The van der Waals surface area contributed by atoms with Gasteiger partial charge in [-0.25, -0.2) is 8.42 Å². The first-order valence-electron chi connectivity index (χ1n) is 5.53. The molecule has 1 saturated heterocycles. The van der Waals surface area contributed by atoms with E-state index in [1.54, 1.807) is 15.8 Å². The monoisotopic (exact) mass is 338 g/mol. The minimum absolute atomic E-state index is 0.106. The number of rotatable bonds is 5. The molecule has 96 valence electrons. The summed E-state index contributed by atoms with van der Waals surface area (Å²) in [5.41, 5.74) is 0. The second kappa shape index (κ2) is 5.36. The van der Waals surface area contributed by atoms with Crippen LogP contribution < -0.4 is 5.32 Å². The fourth-order valence-electron chi connectivity index (χ4n) is 1.77. The van der Waals surface area contributed by atoms with Gasteiger partial charge in [0.15, 0.2) is 0 Å². The van der Waals surface area contributed by atoms with Gasteiger partial charge in [0.1, 0.15) is 4.21 Å². The van der Waals surface area contributed by atoms with Crippen molar-refractivity contribution in [3.63, 3.8) is 0 Å². The summed E-state index contributed by atoms with van der Waals surface area (Å²) < 4.78 is 27.7. The van der Waals surface area contributed by atoms with Gasteiger partial charge in [-0.1, -0.05) is 6.92 Å². The number of thiophene rings is 1. The van der Waals surface area contributed by atoms with Crippen LogP contribution in [-0.4, -0.2) is 38.4 Å². The van der Waals surface area contributed by atoms with Crippen molar-refractivity contribution in [1.29, 1.82) is 0 Å². The fourth-order valence-corrected chi connectivity index (χ4v) is 5.91. The predicted octanol–water partition coefficient (Wildman–Crippen LogP) is 1.88. The summed E-state index contributed by atoms with van der Waals surface area (Å²) >= 11 is 4.57. The topological polar surface area (TPSA) is 49.4 Å². The van der Waals surface area contributed by atoms with Gasteiger partial charge < -0.3 is 5.32 Å². The Balaban J connectivity index is 2.31. The van der Waals surface area contributed by atoms with E-state index in [4.69, 9.17) is 0 Å². The summed E-state index contributed by atoms with van der Waals surface area (Å²) in [5, 5.41) is 4.91. The summed E-state index contributed by atoms with van der Waals surface area (Å²) in [4.78, 5) is 0. The van der Waals surface area contributed by atoms with Crippen molar-refractivity contribution in [2.45, 2.75) is 23.6 Å². The van der Waals surface area contributed by atoms with Gasteiger partial charge in [0, 0.05) is 24.1 Å². The van der Waals surface area contributed by atoms with Crippen LogP contribution in [0, 0.1) is 0 Å². The lowest BCUT2D eigenvalue weighted by Crippen LogP contribution is -2.58. The molecule has 1 aliphatic rings. The van der Waals surface area contributed by atoms with Crippen LogP contribution in [0.3, 0.4) is 0 Å². The Bertz CT molecular complexity index is 482. The molecule has 2 rings (SSSR count). The molecular weight excluding hydrogens is 324 g/mol. The number of sulfonamides is 1. The number of nitrogens with zero attached hydrogens (tertiary/aromatic N) is 1. The summed E-state index contributed by atoms with van der Waals surface area (Å²) in [7, 11) is -3.35. The molecule has 1 N–H and O–H groups in total. The van der Waals surface area contributed by atoms with Gasteiger partial charge in [-0.05, 0) is 33.8 Å². The van der Waals surface area contributed by atoms with Gasteiger partial charge >= 0.3 is 0 Å². The maximum absolute atomic E-state index is 12.5. The van der Waals surface area contributed by atoms with Crippen molar-refractivity contribution in [2.75, 3.05) is 19.6 Å². The van der Waals surface area contributed by atoms with Gasteiger partial charge in [0.2, 0.25) is 0 Å². The Kier molecular flexibility index (Phi) is 4.25. The molecule has 0 atom stereocenters. The molecular formula is C10H15BrN2O2S2. The normalized spacial score (nSPS) is 17.4. The van der Waals surface area contributed by atoms with Gasteiger partial charge in [0.05, 0.1) is 6.04 Å². The minimum Gasteiger partial charge on any atom is -0.313 e. The molecule has 1 aromatic rings. The first-order valence-corrected chi connectivity index (χ1v) is 8.64. The lowest BCUT2D eigenvalue weighted by Gasteiger charge is -2.36. The second-order valence-corrected chi connectivity index (χ2v) is 7.84. The highest BCUT2D eigenvalue weighted by molar-refractivity contribution is 9.10. The van der Waals surface area contributed by atoms with E-state index in [1.165, 1.54) is 11.3 Å². The van der Waals surface area contributed by atoms with Crippen molar-refractivity contribution in [1.82, 2.24) is 9.62 Å². The molecule has 0 aliphatic carbocycles. The molecule has 1 aliphatic heterocycles. The molecule has 0 aromatic carbocycles. The quantitative estimate of drug-likeness (QED) is 0.891. The molecule has 0 radical (unpaired) electrons. The lowest BCUT2D eigenvalue weighted by atomic mass is 10.2. The van der Waals surface area contributed by atoms with Crippen LogP contribution >= 0.6 is 27.3 Å². The molecule has 0 bridgehead atoms. The van der Waals surface area contributed by atoms with Gasteiger partial charge in [-0.15, -0.1) is 11.3 Å². The molecule has 0 amide bonds. The minimum atomic E-state index is -3.35. The third kappa shape index (κ3) is 2.58. The predicted molar refractivity (Wildman–Crippen MR) is 72.9 cm³/mol. The zero-order valence-electron chi connectivity index (χ0n) is 9.52. The fraction of sp³-hybridized carbons (Fsp3) is 0.600. The highest BCUT2D eigenvalue weighted by Crippen LogP contribution is 2.31. The van der Waals surface area contributed by atoms with Crippen LogP contribution in [0.1, 0.15) is 13.3 Å².